The fourth-order valence-corrected chi connectivity index (χ4v) is 2.66. The van der Waals surface area contributed by atoms with Crippen LogP contribution in [0.25, 0.3) is 0 Å². The summed E-state index contributed by atoms with van der Waals surface area (Å²) in [5.41, 5.74) is 2.10. The fourth-order valence-electron chi connectivity index (χ4n) is 2.66. The molecule has 0 N–H and O–H groups in total. The minimum atomic E-state index is -0.407. The summed E-state index contributed by atoms with van der Waals surface area (Å²) in [7, 11) is -0.407. The van der Waals surface area contributed by atoms with Crippen LogP contribution in [0.2, 0.25) is 0 Å². The monoisotopic (exact) mass is 305 g/mol. The van der Waals surface area contributed by atoms with Gasteiger partial charge < -0.3 is 14.2 Å². The van der Waals surface area contributed by atoms with Gasteiger partial charge in [0.1, 0.15) is 0 Å². The van der Waals surface area contributed by atoms with Gasteiger partial charge in [-0.15, -0.1) is 0 Å². The number of aromatic nitrogens is 2. The molecule has 0 aliphatic carbocycles. The lowest BCUT2D eigenvalue weighted by atomic mass is 9.76. The van der Waals surface area contributed by atoms with Gasteiger partial charge in [-0.1, -0.05) is 0 Å². The number of anilines is 1. The molecule has 2 heterocycles. The van der Waals surface area contributed by atoms with E-state index in [0.29, 0.717) is 0 Å². The molecule has 0 spiro atoms. The van der Waals surface area contributed by atoms with E-state index in [0.717, 1.165) is 35.9 Å². The highest BCUT2D eigenvalue weighted by Crippen LogP contribution is 2.36. The Bertz CT molecular complexity index is 517. The lowest BCUT2D eigenvalue weighted by Gasteiger charge is -2.32. The molecule has 1 saturated heterocycles. The van der Waals surface area contributed by atoms with Crippen molar-refractivity contribution in [3.8, 4) is 0 Å². The average molecular weight is 305 g/mol. The Morgan fingerprint density at radius 3 is 1.68 bits per heavy atom. The van der Waals surface area contributed by atoms with E-state index in [1.807, 2.05) is 13.8 Å². The van der Waals surface area contributed by atoms with Gasteiger partial charge in [-0.3, -0.25) is 0 Å². The van der Waals surface area contributed by atoms with Crippen molar-refractivity contribution >= 4 is 18.5 Å². The van der Waals surface area contributed by atoms with Crippen LogP contribution >= 0.6 is 0 Å². The molecule has 6 heteroatoms. The van der Waals surface area contributed by atoms with Gasteiger partial charge in [0, 0.05) is 29.9 Å². The van der Waals surface area contributed by atoms with Crippen LogP contribution in [0.1, 0.15) is 52.9 Å². The van der Waals surface area contributed by atoms with E-state index < -0.39 is 7.12 Å². The zero-order valence-corrected chi connectivity index (χ0v) is 15.1. The van der Waals surface area contributed by atoms with E-state index in [1.165, 1.54) is 0 Å². The van der Waals surface area contributed by atoms with Crippen LogP contribution in [0.15, 0.2) is 0 Å². The van der Waals surface area contributed by atoms with E-state index in [2.05, 4.69) is 56.4 Å². The van der Waals surface area contributed by atoms with Crippen molar-refractivity contribution in [2.75, 3.05) is 18.0 Å². The van der Waals surface area contributed by atoms with Crippen molar-refractivity contribution in [2.45, 2.75) is 66.6 Å². The predicted molar refractivity (Wildman–Crippen MR) is 90.8 cm³/mol. The van der Waals surface area contributed by atoms with Crippen LogP contribution in [0.4, 0.5) is 5.95 Å². The van der Waals surface area contributed by atoms with Crippen LogP contribution < -0.4 is 10.4 Å². The highest BCUT2D eigenvalue weighted by molar-refractivity contribution is 6.63. The van der Waals surface area contributed by atoms with Crippen molar-refractivity contribution in [1.82, 2.24) is 9.97 Å². The quantitative estimate of drug-likeness (QED) is 0.798. The van der Waals surface area contributed by atoms with E-state index in [4.69, 9.17) is 9.31 Å². The summed E-state index contributed by atoms with van der Waals surface area (Å²) >= 11 is 0. The van der Waals surface area contributed by atoms with E-state index in [1.54, 1.807) is 0 Å². The Labute approximate surface area is 134 Å². The van der Waals surface area contributed by atoms with Gasteiger partial charge in [-0.05, 0) is 55.4 Å². The minimum Gasteiger partial charge on any atom is -0.399 e. The smallest absolute Gasteiger partial charge is 0.399 e. The van der Waals surface area contributed by atoms with Gasteiger partial charge >= 0.3 is 7.12 Å². The van der Waals surface area contributed by atoms with Gasteiger partial charge in [0.2, 0.25) is 5.95 Å². The highest BCUT2D eigenvalue weighted by atomic mass is 16.7. The second kappa shape index (κ2) is 5.82. The number of hydrogen-bond acceptors (Lipinski definition) is 5. The van der Waals surface area contributed by atoms with Crippen LogP contribution in [-0.2, 0) is 9.31 Å². The Morgan fingerprint density at radius 2 is 1.32 bits per heavy atom. The predicted octanol–water partition coefficient (Wildman–Crippen LogP) is 2.24. The topological polar surface area (TPSA) is 47.5 Å². The van der Waals surface area contributed by atoms with Gasteiger partial charge in [-0.2, -0.15) is 0 Å². The Hall–Kier alpha value is -1.14. The summed E-state index contributed by atoms with van der Waals surface area (Å²) in [5, 5.41) is 0. The first-order valence-electron chi connectivity index (χ1n) is 8.08. The number of rotatable bonds is 4. The molecule has 0 unspecified atom stereocenters. The molecule has 2 rings (SSSR count). The van der Waals surface area contributed by atoms with Crippen molar-refractivity contribution in [1.29, 1.82) is 0 Å². The molecule has 0 saturated carbocycles. The van der Waals surface area contributed by atoms with E-state index >= 15 is 0 Å². The first-order chi connectivity index (χ1) is 10.1. The second-order valence-corrected chi connectivity index (χ2v) is 6.87. The Balaban J connectivity index is 2.38. The third-order valence-corrected chi connectivity index (χ3v) is 4.85. The zero-order chi connectivity index (χ0) is 16.7. The average Bonchev–Trinajstić information content (AvgIpc) is 2.58. The lowest BCUT2D eigenvalue weighted by Crippen LogP contribution is -2.41. The normalized spacial score (nSPS) is 19.5. The van der Waals surface area contributed by atoms with Crippen molar-refractivity contribution in [2.24, 2.45) is 0 Å². The molecule has 0 atom stereocenters. The second-order valence-electron chi connectivity index (χ2n) is 6.87. The van der Waals surface area contributed by atoms with Crippen LogP contribution in [0.5, 0.6) is 0 Å². The first-order valence-corrected chi connectivity index (χ1v) is 8.08. The molecule has 1 fully saturated rings. The largest absolute Gasteiger partial charge is 0.498 e. The standard InChI is InChI=1S/C16H28BN3O2/c1-9-20(10-2)14-18-11(3)13(12(4)19-14)17-21-15(5,6)16(7,8)22-17/h9-10H2,1-8H3. The van der Waals surface area contributed by atoms with E-state index in [-0.39, 0.29) is 11.2 Å². The zero-order valence-electron chi connectivity index (χ0n) is 15.1. The van der Waals surface area contributed by atoms with E-state index in [9.17, 15) is 0 Å². The van der Waals surface area contributed by atoms with Crippen LogP contribution in [0.3, 0.4) is 0 Å². The van der Waals surface area contributed by atoms with Gasteiger partial charge in [0.05, 0.1) is 11.2 Å². The molecule has 1 aromatic heterocycles. The summed E-state index contributed by atoms with van der Waals surface area (Å²) in [5.74, 6) is 0.778. The highest BCUT2D eigenvalue weighted by Gasteiger charge is 2.52. The number of hydrogen-bond donors (Lipinski definition) is 0. The molecular weight excluding hydrogens is 277 g/mol. The van der Waals surface area contributed by atoms with Crippen molar-refractivity contribution < 1.29 is 9.31 Å². The Morgan fingerprint density at radius 1 is 0.909 bits per heavy atom. The number of nitrogens with zero attached hydrogens (tertiary/aromatic N) is 3. The first kappa shape index (κ1) is 17.2. The summed E-state index contributed by atoms with van der Waals surface area (Å²) in [6.07, 6.45) is 0. The van der Waals surface area contributed by atoms with Gasteiger partial charge in [0.25, 0.3) is 0 Å². The molecule has 0 aromatic carbocycles. The summed E-state index contributed by atoms with van der Waals surface area (Å²) < 4.78 is 12.3. The maximum atomic E-state index is 6.15. The Kier molecular flexibility index (Phi) is 4.55. The molecule has 0 radical (unpaired) electrons. The van der Waals surface area contributed by atoms with Gasteiger partial charge in [0.15, 0.2) is 0 Å². The third kappa shape index (κ3) is 2.86. The molecule has 0 amide bonds. The third-order valence-electron chi connectivity index (χ3n) is 4.85. The minimum absolute atomic E-state index is 0.353. The molecule has 1 aliphatic rings. The summed E-state index contributed by atoms with van der Waals surface area (Å²) in [6.45, 7) is 18.2. The summed E-state index contributed by atoms with van der Waals surface area (Å²) in [6, 6.07) is 0. The van der Waals surface area contributed by atoms with Crippen molar-refractivity contribution in [3.05, 3.63) is 11.4 Å². The molecule has 122 valence electrons. The maximum absolute atomic E-state index is 6.15. The molecule has 5 nitrogen and oxygen atoms in total. The molecule has 1 aliphatic heterocycles. The van der Waals surface area contributed by atoms with Crippen LogP contribution in [0, 0.1) is 13.8 Å². The molecule has 1 aromatic rings. The fraction of sp³-hybridized carbons (Fsp3) is 0.750. The SMILES string of the molecule is CCN(CC)c1nc(C)c(B2OC(C)(C)C(C)(C)O2)c(C)n1. The van der Waals surface area contributed by atoms with Crippen LogP contribution in [-0.4, -0.2) is 41.4 Å². The molecule has 22 heavy (non-hydrogen) atoms. The number of aryl methyl sites for hydroxylation is 2. The molecular formula is C16H28BN3O2. The van der Waals surface area contributed by atoms with Crippen molar-refractivity contribution in [3.63, 3.8) is 0 Å². The maximum Gasteiger partial charge on any atom is 0.498 e. The summed E-state index contributed by atoms with van der Waals surface area (Å²) in [4.78, 5) is 11.5. The lowest BCUT2D eigenvalue weighted by molar-refractivity contribution is 0.00578. The van der Waals surface area contributed by atoms with Gasteiger partial charge in [-0.25, -0.2) is 9.97 Å². The molecule has 0 bridgehead atoms.